The highest BCUT2D eigenvalue weighted by atomic mass is 19.1. The first-order valence-corrected chi connectivity index (χ1v) is 7.89. The van der Waals surface area contributed by atoms with Gasteiger partial charge in [-0.1, -0.05) is 12.1 Å². The maximum Gasteiger partial charge on any atom is 0.224 e. The zero-order valence-electron chi connectivity index (χ0n) is 13.4. The number of carbonyl (C=O) groups is 2. The Morgan fingerprint density at radius 2 is 2.13 bits per heavy atom. The number of likely N-dealkylation sites (tertiary alicyclic amines) is 1. The summed E-state index contributed by atoms with van der Waals surface area (Å²) in [6.07, 6.45) is 2.19. The van der Waals surface area contributed by atoms with E-state index in [1.807, 2.05) is 0 Å². The summed E-state index contributed by atoms with van der Waals surface area (Å²) in [6.45, 7) is 1.61. The smallest absolute Gasteiger partial charge is 0.224 e. The predicted molar refractivity (Wildman–Crippen MR) is 84.3 cm³/mol. The van der Waals surface area contributed by atoms with Crippen LogP contribution in [0.1, 0.15) is 24.8 Å². The van der Waals surface area contributed by atoms with Gasteiger partial charge in [-0.2, -0.15) is 0 Å². The van der Waals surface area contributed by atoms with Crippen molar-refractivity contribution >= 4 is 11.8 Å². The van der Waals surface area contributed by atoms with Gasteiger partial charge in [0.15, 0.2) is 0 Å². The lowest BCUT2D eigenvalue weighted by Crippen LogP contribution is -2.37. The van der Waals surface area contributed by atoms with E-state index in [1.54, 1.807) is 24.1 Å². The number of rotatable bonds is 8. The van der Waals surface area contributed by atoms with Crippen molar-refractivity contribution < 1.29 is 18.7 Å². The second-order valence-corrected chi connectivity index (χ2v) is 5.78. The quantitative estimate of drug-likeness (QED) is 0.789. The molecule has 1 aromatic rings. The van der Waals surface area contributed by atoms with E-state index in [9.17, 15) is 14.0 Å². The van der Waals surface area contributed by atoms with E-state index in [4.69, 9.17) is 4.74 Å². The zero-order chi connectivity index (χ0) is 16.7. The molecule has 0 aromatic heterocycles. The largest absolute Gasteiger partial charge is 0.383 e. The zero-order valence-corrected chi connectivity index (χ0v) is 13.4. The Balaban J connectivity index is 1.67. The topological polar surface area (TPSA) is 58.6 Å². The Bertz CT molecular complexity index is 533. The van der Waals surface area contributed by atoms with E-state index in [0.29, 0.717) is 39.0 Å². The van der Waals surface area contributed by atoms with Crippen LogP contribution in [0.3, 0.4) is 0 Å². The molecule has 1 aliphatic heterocycles. The molecule has 2 rings (SSSR count). The van der Waals surface area contributed by atoms with Crippen LogP contribution >= 0.6 is 0 Å². The molecule has 0 aliphatic carbocycles. The number of aryl methyl sites for hydroxylation is 1. The Morgan fingerprint density at radius 1 is 1.39 bits per heavy atom. The summed E-state index contributed by atoms with van der Waals surface area (Å²) in [6, 6.07) is 6.20. The average Bonchev–Trinajstić information content (AvgIpc) is 2.86. The van der Waals surface area contributed by atoms with Crippen molar-refractivity contribution in [1.82, 2.24) is 10.2 Å². The van der Waals surface area contributed by atoms with Crippen molar-refractivity contribution in [2.24, 2.45) is 0 Å². The van der Waals surface area contributed by atoms with E-state index in [-0.39, 0.29) is 23.7 Å². The van der Waals surface area contributed by atoms with Gasteiger partial charge in [-0.05, 0) is 30.5 Å². The number of carbonyl (C=O) groups excluding carboxylic acids is 2. The van der Waals surface area contributed by atoms with Gasteiger partial charge in [-0.3, -0.25) is 9.59 Å². The standard InChI is InChI=1S/C17H23FN2O3/c1-23-10-9-20-12-15(11-17(20)22)19-16(21)4-2-3-13-5-7-14(18)8-6-13/h5-8,15H,2-4,9-12H2,1H3,(H,19,21)/t15-/m0/s1. The third kappa shape index (κ3) is 5.63. The third-order valence-corrected chi connectivity index (χ3v) is 3.93. The highest BCUT2D eigenvalue weighted by Gasteiger charge is 2.29. The molecule has 0 radical (unpaired) electrons. The molecule has 1 saturated heterocycles. The highest BCUT2D eigenvalue weighted by molar-refractivity contribution is 5.82. The van der Waals surface area contributed by atoms with Crippen LogP contribution in [0.15, 0.2) is 24.3 Å². The van der Waals surface area contributed by atoms with E-state index >= 15 is 0 Å². The molecule has 1 aliphatic rings. The lowest BCUT2D eigenvalue weighted by Gasteiger charge is -2.16. The molecule has 0 unspecified atom stereocenters. The van der Waals surface area contributed by atoms with Crippen LogP contribution in [-0.4, -0.2) is 49.6 Å². The van der Waals surface area contributed by atoms with Crippen LogP contribution in [0.5, 0.6) is 0 Å². The van der Waals surface area contributed by atoms with Crippen LogP contribution in [0, 0.1) is 5.82 Å². The summed E-state index contributed by atoms with van der Waals surface area (Å²) in [4.78, 5) is 25.4. The molecule has 0 saturated carbocycles. The summed E-state index contributed by atoms with van der Waals surface area (Å²) in [5.74, 6) is -0.243. The van der Waals surface area contributed by atoms with E-state index in [1.165, 1.54) is 12.1 Å². The monoisotopic (exact) mass is 322 g/mol. The van der Waals surface area contributed by atoms with Crippen molar-refractivity contribution in [1.29, 1.82) is 0 Å². The molecule has 126 valence electrons. The van der Waals surface area contributed by atoms with Gasteiger partial charge >= 0.3 is 0 Å². The van der Waals surface area contributed by atoms with Crippen LogP contribution in [-0.2, 0) is 20.7 Å². The summed E-state index contributed by atoms with van der Waals surface area (Å²) < 4.78 is 17.8. The molecule has 0 bridgehead atoms. The number of nitrogens with one attached hydrogen (secondary N) is 1. The number of nitrogens with zero attached hydrogens (tertiary/aromatic N) is 1. The summed E-state index contributed by atoms with van der Waals surface area (Å²) in [7, 11) is 1.60. The fourth-order valence-corrected chi connectivity index (χ4v) is 2.69. The third-order valence-electron chi connectivity index (χ3n) is 3.93. The van der Waals surface area contributed by atoms with Gasteiger partial charge in [-0.25, -0.2) is 4.39 Å². The molecule has 2 amide bonds. The molecule has 23 heavy (non-hydrogen) atoms. The maximum absolute atomic E-state index is 12.8. The average molecular weight is 322 g/mol. The Morgan fingerprint density at radius 3 is 2.83 bits per heavy atom. The van der Waals surface area contributed by atoms with Crippen molar-refractivity contribution in [3.8, 4) is 0 Å². The lowest BCUT2D eigenvalue weighted by atomic mass is 10.1. The van der Waals surface area contributed by atoms with Gasteiger partial charge in [0, 0.05) is 33.0 Å². The number of hydrogen-bond donors (Lipinski definition) is 1. The maximum atomic E-state index is 12.8. The number of hydrogen-bond acceptors (Lipinski definition) is 3. The predicted octanol–water partition coefficient (Wildman–Crippen LogP) is 1.51. The second kappa shape index (κ2) is 8.62. The van der Waals surface area contributed by atoms with Gasteiger partial charge in [0.05, 0.1) is 12.6 Å². The molecule has 1 aromatic carbocycles. The van der Waals surface area contributed by atoms with Crippen molar-refractivity contribution in [3.05, 3.63) is 35.6 Å². The van der Waals surface area contributed by atoms with Crippen molar-refractivity contribution in [3.63, 3.8) is 0 Å². The second-order valence-electron chi connectivity index (χ2n) is 5.78. The van der Waals surface area contributed by atoms with E-state index in [0.717, 1.165) is 12.0 Å². The van der Waals surface area contributed by atoms with Crippen LogP contribution in [0.4, 0.5) is 4.39 Å². The summed E-state index contributed by atoms with van der Waals surface area (Å²) in [5.41, 5.74) is 1.01. The van der Waals surface area contributed by atoms with Crippen molar-refractivity contribution in [2.45, 2.75) is 31.7 Å². The minimum Gasteiger partial charge on any atom is -0.383 e. The number of methoxy groups -OCH3 is 1. The van der Waals surface area contributed by atoms with Crippen LogP contribution in [0.2, 0.25) is 0 Å². The van der Waals surface area contributed by atoms with Gasteiger partial charge in [-0.15, -0.1) is 0 Å². The van der Waals surface area contributed by atoms with Crippen LogP contribution in [0.25, 0.3) is 0 Å². The molecular weight excluding hydrogens is 299 g/mol. The fraction of sp³-hybridized carbons (Fsp3) is 0.529. The highest BCUT2D eigenvalue weighted by Crippen LogP contribution is 2.12. The molecule has 1 N–H and O–H groups in total. The molecule has 1 fully saturated rings. The van der Waals surface area contributed by atoms with Crippen molar-refractivity contribution in [2.75, 3.05) is 26.8 Å². The number of benzene rings is 1. The Labute approximate surface area is 135 Å². The molecular formula is C17H23FN2O3. The minimum atomic E-state index is -0.254. The lowest BCUT2D eigenvalue weighted by molar-refractivity contribution is -0.128. The number of halogens is 1. The first kappa shape index (κ1) is 17.4. The van der Waals surface area contributed by atoms with Gasteiger partial charge in [0.2, 0.25) is 11.8 Å². The number of amides is 2. The van der Waals surface area contributed by atoms with Gasteiger partial charge < -0.3 is 15.0 Å². The molecule has 1 atom stereocenters. The molecule has 0 spiro atoms. The molecule has 1 heterocycles. The van der Waals surface area contributed by atoms with E-state index < -0.39 is 0 Å². The molecule has 5 nitrogen and oxygen atoms in total. The summed E-state index contributed by atoms with van der Waals surface area (Å²) >= 11 is 0. The molecule has 6 heteroatoms. The SMILES string of the molecule is COCCN1C[C@@H](NC(=O)CCCc2ccc(F)cc2)CC1=O. The summed E-state index contributed by atoms with van der Waals surface area (Å²) in [5, 5.41) is 2.91. The Hall–Kier alpha value is -1.95. The van der Waals surface area contributed by atoms with Gasteiger partial charge in [0.1, 0.15) is 5.82 Å². The Kier molecular flexibility index (Phi) is 6.52. The number of ether oxygens (including phenoxy) is 1. The fourth-order valence-electron chi connectivity index (χ4n) is 2.69. The first-order valence-electron chi connectivity index (χ1n) is 7.89. The minimum absolute atomic E-state index is 0.0431. The van der Waals surface area contributed by atoms with Gasteiger partial charge in [0.25, 0.3) is 0 Å². The van der Waals surface area contributed by atoms with E-state index in [2.05, 4.69) is 5.32 Å². The first-order chi connectivity index (χ1) is 11.1. The normalized spacial score (nSPS) is 17.6. The van der Waals surface area contributed by atoms with Crippen LogP contribution < -0.4 is 5.32 Å².